The highest BCUT2D eigenvalue weighted by Gasteiger charge is 1.88. The van der Waals surface area contributed by atoms with Crippen LogP contribution in [0.2, 0.25) is 0 Å². The van der Waals surface area contributed by atoms with Gasteiger partial charge in [0.2, 0.25) is 0 Å². The molecule has 0 radical (unpaired) electrons. The van der Waals surface area contributed by atoms with Crippen LogP contribution in [-0.2, 0) is 0 Å². The maximum Gasteiger partial charge on any atom is 0.0187 e. The van der Waals surface area contributed by atoms with Crippen molar-refractivity contribution in [1.82, 2.24) is 4.90 Å². The van der Waals surface area contributed by atoms with Crippen LogP contribution in [0.4, 0.5) is 0 Å². The smallest absolute Gasteiger partial charge is 0.0187 e. The highest BCUT2D eigenvalue weighted by Crippen LogP contribution is 1.92. The molecule has 1 nitrogen and oxygen atoms in total. The number of nitrogens with zero attached hydrogens (tertiary/aromatic N) is 1. The molecule has 0 aromatic heterocycles. The molecule has 0 saturated heterocycles. The van der Waals surface area contributed by atoms with Crippen LogP contribution in [0, 0.1) is 0 Å². The molecule has 52 valence electrons. The maximum absolute atomic E-state index is 3.61. The Kier molecular flexibility index (Phi) is 4.06. The van der Waals surface area contributed by atoms with Crippen LogP contribution in [0.1, 0.15) is 6.92 Å². The summed E-state index contributed by atoms with van der Waals surface area (Å²) in [6.45, 7) is 6.73. The molecule has 0 fully saturated rings. The summed E-state index contributed by atoms with van der Waals surface area (Å²) in [6.07, 6.45) is 3.85. The van der Waals surface area contributed by atoms with E-state index in [2.05, 4.69) is 32.5 Å². The van der Waals surface area contributed by atoms with Crippen molar-refractivity contribution in [3.63, 3.8) is 0 Å². The fraction of sp³-hybridized carbons (Fsp3) is 0.500. The zero-order valence-electron chi connectivity index (χ0n) is 6.52. The molecule has 9 heavy (non-hydrogen) atoms. The molecular formula is C8H15N. The molecule has 0 saturated carbocycles. The topological polar surface area (TPSA) is 3.24 Å². The highest BCUT2D eigenvalue weighted by atomic mass is 15.0. The van der Waals surface area contributed by atoms with E-state index in [0.717, 1.165) is 6.54 Å². The molecule has 0 aliphatic heterocycles. The van der Waals surface area contributed by atoms with E-state index in [1.807, 2.05) is 12.2 Å². The SMILES string of the molecule is C=CC=C(C)CN(C)C. The van der Waals surface area contributed by atoms with Crippen LogP contribution in [0.3, 0.4) is 0 Å². The maximum atomic E-state index is 3.61. The van der Waals surface area contributed by atoms with Gasteiger partial charge in [-0.3, -0.25) is 0 Å². The number of rotatable bonds is 3. The lowest BCUT2D eigenvalue weighted by Crippen LogP contribution is -2.13. The Labute approximate surface area is 57.7 Å². The van der Waals surface area contributed by atoms with Gasteiger partial charge in [0.05, 0.1) is 0 Å². The van der Waals surface area contributed by atoms with Crippen molar-refractivity contribution in [3.05, 3.63) is 24.3 Å². The van der Waals surface area contributed by atoms with Crippen molar-refractivity contribution in [3.8, 4) is 0 Å². The lowest BCUT2D eigenvalue weighted by atomic mass is 10.3. The lowest BCUT2D eigenvalue weighted by molar-refractivity contribution is 0.445. The van der Waals surface area contributed by atoms with Crippen molar-refractivity contribution < 1.29 is 0 Å². The number of likely N-dealkylation sites (N-methyl/N-ethyl adjacent to an activating group) is 1. The summed E-state index contributed by atoms with van der Waals surface area (Å²) in [5.74, 6) is 0. The quantitative estimate of drug-likeness (QED) is 0.519. The summed E-state index contributed by atoms with van der Waals surface area (Å²) in [7, 11) is 4.11. The zero-order chi connectivity index (χ0) is 7.28. The molecule has 0 aromatic carbocycles. The van der Waals surface area contributed by atoms with Crippen LogP contribution >= 0.6 is 0 Å². The fourth-order valence-corrected chi connectivity index (χ4v) is 0.753. The summed E-state index contributed by atoms with van der Waals surface area (Å²) < 4.78 is 0. The van der Waals surface area contributed by atoms with Gasteiger partial charge in [-0.1, -0.05) is 24.3 Å². The molecule has 0 rings (SSSR count). The second-order valence-corrected chi connectivity index (χ2v) is 2.49. The van der Waals surface area contributed by atoms with E-state index in [1.54, 1.807) is 0 Å². The highest BCUT2D eigenvalue weighted by molar-refractivity contribution is 5.08. The third-order valence-electron chi connectivity index (χ3n) is 0.968. The Balaban J connectivity index is 3.61. The first kappa shape index (κ1) is 8.44. The van der Waals surface area contributed by atoms with E-state index < -0.39 is 0 Å². The first-order valence-corrected chi connectivity index (χ1v) is 3.09. The van der Waals surface area contributed by atoms with Crippen LogP contribution in [0.5, 0.6) is 0 Å². The molecule has 0 spiro atoms. The van der Waals surface area contributed by atoms with Gasteiger partial charge in [0, 0.05) is 6.54 Å². The van der Waals surface area contributed by atoms with E-state index in [9.17, 15) is 0 Å². The van der Waals surface area contributed by atoms with Crippen LogP contribution in [-0.4, -0.2) is 25.5 Å². The van der Waals surface area contributed by atoms with Gasteiger partial charge in [-0.15, -0.1) is 0 Å². The normalized spacial score (nSPS) is 12.2. The minimum atomic E-state index is 1.02. The van der Waals surface area contributed by atoms with Crippen LogP contribution in [0.15, 0.2) is 24.3 Å². The molecular weight excluding hydrogens is 110 g/mol. The van der Waals surface area contributed by atoms with Gasteiger partial charge in [-0.25, -0.2) is 0 Å². The van der Waals surface area contributed by atoms with E-state index in [1.165, 1.54) is 5.57 Å². The van der Waals surface area contributed by atoms with Gasteiger partial charge in [0.25, 0.3) is 0 Å². The van der Waals surface area contributed by atoms with E-state index in [-0.39, 0.29) is 0 Å². The predicted octanol–water partition coefficient (Wildman–Crippen LogP) is 1.68. The van der Waals surface area contributed by atoms with E-state index in [4.69, 9.17) is 0 Å². The molecule has 0 aromatic rings. The average Bonchev–Trinajstić information content (AvgIpc) is 1.63. The van der Waals surface area contributed by atoms with E-state index in [0.29, 0.717) is 0 Å². The van der Waals surface area contributed by atoms with Gasteiger partial charge < -0.3 is 4.90 Å². The van der Waals surface area contributed by atoms with Crippen molar-refractivity contribution in [2.45, 2.75) is 6.92 Å². The summed E-state index contributed by atoms with van der Waals surface area (Å²) in [5.41, 5.74) is 1.34. The third-order valence-corrected chi connectivity index (χ3v) is 0.968. The van der Waals surface area contributed by atoms with Gasteiger partial charge in [-0.05, 0) is 21.0 Å². The van der Waals surface area contributed by atoms with Gasteiger partial charge in [-0.2, -0.15) is 0 Å². The van der Waals surface area contributed by atoms with Crippen LogP contribution < -0.4 is 0 Å². The van der Waals surface area contributed by atoms with Crippen molar-refractivity contribution in [2.75, 3.05) is 20.6 Å². The average molecular weight is 125 g/mol. The standard InChI is InChI=1S/C8H15N/c1-5-6-8(2)7-9(3)4/h5-6H,1,7H2,2-4H3. The molecule has 0 atom stereocenters. The predicted molar refractivity (Wildman–Crippen MR) is 42.5 cm³/mol. The summed E-state index contributed by atoms with van der Waals surface area (Å²) in [5, 5.41) is 0. The Morgan fingerprint density at radius 1 is 1.56 bits per heavy atom. The van der Waals surface area contributed by atoms with Crippen molar-refractivity contribution in [1.29, 1.82) is 0 Å². The molecule has 0 aliphatic rings. The first-order chi connectivity index (χ1) is 4.16. The number of hydrogen-bond donors (Lipinski definition) is 0. The molecule has 1 heteroatoms. The molecule has 0 amide bonds. The summed E-state index contributed by atoms with van der Waals surface area (Å²) in [4.78, 5) is 2.13. The first-order valence-electron chi connectivity index (χ1n) is 3.09. The Bertz CT molecular complexity index is 112. The van der Waals surface area contributed by atoms with Gasteiger partial charge in [0.1, 0.15) is 0 Å². The Morgan fingerprint density at radius 2 is 2.11 bits per heavy atom. The van der Waals surface area contributed by atoms with Gasteiger partial charge >= 0.3 is 0 Å². The Hall–Kier alpha value is -0.560. The molecule has 0 N–H and O–H groups in total. The zero-order valence-corrected chi connectivity index (χ0v) is 6.52. The van der Waals surface area contributed by atoms with Gasteiger partial charge in [0.15, 0.2) is 0 Å². The Morgan fingerprint density at radius 3 is 2.44 bits per heavy atom. The minimum Gasteiger partial charge on any atom is -0.305 e. The fourth-order valence-electron chi connectivity index (χ4n) is 0.753. The molecule has 0 heterocycles. The lowest BCUT2D eigenvalue weighted by Gasteiger charge is -2.08. The summed E-state index contributed by atoms with van der Waals surface area (Å²) in [6, 6.07) is 0. The number of allylic oxidation sites excluding steroid dienone is 2. The summed E-state index contributed by atoms with van der Waals surface area (Å²) >= 11 is 0. The molecule has 0 unspecified atom stereocenters. The largest absolute Gasteiger partial charge is 0.305 e. The second kappa shape index (κ2) is 4.33. The monoisotopic (exact) mass is 125 g/mol. The van der Waals surface area contributed by atoms with Crippen LogP contribution in [0.25, 0.3) is 0 Å². The molecule has 0 bridgehead atoms. The van der Waals surface area contributed by atoms with E-state index >= 15 is 0 Å². The number of hydrogen-bond acceptors (Lipinski definition) is 1. The third kappa shape index (κ3) is 5.31. The minimum absolute atomic E-state index is 1.02. The van der Waals surface area contributed by atoms with Crippen molar-refractivity contribution in [2.24, 2.45) is 0 Å². The second-order valence-electron chi connectivity index (χ2n) is 2.49. The van der Waals surface area contributed by atoms with Crippen molar-refractivity contribution >= 4 is 0 Å². The molecule has 0 aliphatic carbocycles.